The molecule has 6 heterocycles. The third-order valence-electron chi connectivity index (χ3n) is 23.8. The second-order valence-electron chi connectivity index (χ2n) is 33.4. The Hall–Kier alpha value is -2.95. The number of carboxylic acids is 1. The first-order valence-electron chi connectivity index (χ1n) is 44.1. The molecule has 18 unspecified atom stereocenters. The molecule has 40 nitrogen and oxygen atoms in total. The van der Waals surface area contributed by atoms with Crippen molar-refractivity contribution in [1.29, 1.82) is 0 Å². The Labute approximate surface area is 707 Å². The van der Waals surface area contributed by atoms with Gasteiger partial charge in [0.2, 0.25) is 11.8 Å². The van der Waals surface area contributed by atoms with Gasteiger partial charge in [-0.25, -0.2) is 4.79 Å². The maximum atomic E-state index is 14.0. The summed E-state index contributed by atoms with van der Waals surface area (Å²) in [5, 5.41) is 260. The third kappa shape index (κ3) is 31.7. The summed E-state index contributed by atoms with van der Waals surface area (Å²) in [6.07, 6.45) is -33.7. The van der Waals surface area contributed by atoms with Gasteiger partial charge in [0.05, 0.1) is 70.5 Å². The van der Waals surface area contributed by atoms with Crippen LogP contribution in [0.1, 0.15) is 233 Å². The van der Waals surface area contributed by atoms with Crippen LogP contribution in [0, 0.1) is 0 Å². The lowest BCUT2D eigenvalue weighted by Crippen LogP contribution is -2.72. The Balaban J connectivity index is 1.12. The van der Waals surface area contributed by atoms with Crippen molar-refractivity contribution in [1.82, 2.24) is 10.6 Å². The number of amides is 2. The fourth-order valence-corrected chi connectivity index (χ4v) is 16.5. The van der Waals surface area contributed by atoms with Crippen molar-refractivity contribution in [2.75, 3.05) is 46.2 Å². The highest BCUT2D eigenvalue weighted by Gasteiger charge is 2.63. The highest BCUT2D eigenvalue weighted by atomic mass is 16.8. The number of hydrogen-bond donors (Lipinski definition) is 25. The van der Waals surface area contributed by atoms with E-state index < -0.39 is 285 Å². The predicted octanol–water partition coefficient (Wildman–Crippen LogP) is -3.64. The van der Waals surface area contributed by atoms with Crippen LogP contribution in [0.25, 0.3) is 0 Å². The molecule has 121 heavy (non-hydrogen) atoms. The van der Waals surface area contributed by atoms with E-state index in [-0.39, 0.29) is 12.8 Å². The molecule has 6 rings (SSSR count). The SMILES string of the molecule is CCCCCCCCCCCCCCCCCCCCCC[C@@H](O)C(=O)N[C@@H](CO[C@@H]1OC(CO)[C@@H](O[C@@H]2OC(CO)[C@H](O[C@]3(C(=O)O)C[C@@H](O[C@@H]4OC(CO)[C@H](O)C(O[C@@H]5OC(CO)[C@H](O)C(O[C@@H]6O[C@@H](C(O)CO)C(O)C6O)C5O)C4O)[C@@H](NC(C)=O)C(C(O)C(O)CO)O3)C(O)C2O)C(O)C1O)[C@H](O)[C@H](O)CCCCCCCCCCCC. The summed E-state index contributed by atoms with van der Waals surface area (Å²) in [6.45, 7) is -2.22. The second-order valence-corrected chi connectivity index (χ2v) is 33.4. The highest BCUT2D eigenvalue weighted by Crippen LogP contribution is 2.42. The number of rotatable bonds is 60. The Kier molecular flexibility index (Phi) is 49.3. The first-order chi connectivity index (χ1) is 57.9. The van der Waals surface area contributed by atoms with Crippen molar-refractivity contribution in [2.45, 2.75) is 447 Å². The minimum Gasteiger partial charge on any atom is -0.477 e. The average Bonchev–Trinajstić information content (AvgIpc) is 1.29. The molecule has 0 radical (unpaired) electrons. The van der Waals surface area contributed by atoms with Gasteiger partial charge in [0.15, 0.2) is 31.5 Å². The smallest absolute Gasteiger partial charge is 0.364 e. The number of aliphatic carboxylic acids is 1. The van der Waals surface area contributed by atoms with Crippen LogP contribution in [0.15, 0.2) is 0 Å². The van der Waals surface area contributed by atoms with Gasteiger partial charge in [-0.3, -0.25) is 9.59 Å². The van der Waals surface area contributed by atoms with Crippen molar-refractivity contribution in [2.24, 2.45) is 0 Å². The first kappa shape index (κ1) is 107. The fourth-order valence-electron chi connectivity index (χ4n) is 16.5. The topological polar surface area (TPSA) is 651 Å². The zero-order chi connectivity index (χ0) is 89.0. The molecule has 0 aromatic carbocycles. The number of hydrogen-bond acceptors (Lipinski definition) is 37. The van der Waals surface area contributed by atoms with Gasteiger partial charge in [0, 0.05) is 13.3 Å². The number of ether oxygens (including phenoxy) is 12. The third-order valence-corrected chi connectivity index (χ3v) is 23.8. The summed E-state index contributed by atoms with van der Waals surface area (Å²) >= 11 is 0. The van der Waals surface area contributed by atoms with E-state index in [4.69, 9.17) is 56.8 Å². The summed E-state index contributed by atoms with van der Waals surface area (Å²) in [7, 11) is 0. The van der Waals surface area contributed by atoms with E-state index >= 15 is 0 Å². The molecular weight excluding hydrogens is 1610 g/mol. The van der Waals surface area contributed by atoms with Crippen LogP contribution < -0.4 is 10.6 Å². The van der Waals surface area contributed by atoms with Crippen molar-refractivity contribution in [3.63, 3.8) is 0 Å². The van der Waals surface area contributed by atoms with Gasteiger partial charge in [-0.05, 0) is 12.8 Å². The molecule has 6 aliphatic rings. The molecule has 2 amide bonds. The molecule has 0 aliphatic carbocycles. The summed E-state index contributed by atoms with van der Waals surface area (Å²) in [5.41, 5.74) is 0. The van der Waals surface area contributed by atoms with Crippen molar-refractivity contribution in [3.05, 3.63) is 0 Å². The van der Waals surface area contributed by atoms with Crippen LogP contribution in [0.5, 0.6) is 0 Å². The van der Waals surface area contributed by atoms with E-state index in [1.807, 2.05) is 0 Å². The monoisotopic (exact) mass is 1760 g/mol. The molecule has 0 bridgehead atoms. The van der Waals surface area contributed by atoms with E-state index in [1.54, 1.807) is 0 Å². The van der Waals surface area contributed by atoms with Gasteiger partial charge in [-0.1, -0.05) is 206 Å². The van der Waals surface area contributed by atoms with Crippen molar-refractivity contribution in [3.8, 4) is 0 Å². The number of unbranched alkanes of at least 4 members (excludes halogenated alkanes) is 28. The largest absolute Gasteiger partial charge is 0.477 e. The van der Waals surface area contributed by atoms with E-state index in [1.165, 1.54) is 103 Å². The zero-order valence-electron chi connectivity index (χ0n) is 70.3. The van der Waals surface area contributed by atoms with Gasteiger partial charge < -0.3 is 185 Å². The normalized spacial score (nSPS) is 35.9. The van der Waals surface area contributed by atoms with E-state index in [0.717, 1.165) is 84.0 Å². The fraction of sp³-hybridized carbons (Fsp3) is 0.963. The number of carboxylic acid groups (broad SMARTS) is 1. The summed E-state index contributed by atoms with van der Waals surface area (Å²) < 4.78 is 69.8. The van der Waals surface area contributed by atoms with E-state index in [0.29, 0.717) is 12.8 Å². The summed E-state index contributed by atoms with van der Waals surface area (Å²) in [5.74, 6) is -7.52. The molecule has 35 atom stereocenters. The van der Waals surface area contributed by atoms with E-state index in [2.05, 4.69) is 24.5 Å². The maximum Gasteiger partial charge on any atom is 0.364 e. The molecule has 25 N–H and O–H groups in total. The highest BCUT2D eigenvalue weighted by molar-refractivity contribution is 5.80. The van der Waals surface area contributed by atoms with Gasteiger partial charge >= 0.3 is 5.97 Å². The van der Waals surface area contributed by atoms with Crippen LogP contribution in [-0.2, 0) is 71.2 Å². The molecule has 6 saturated heterocycles. The standard InChI is InChI=1S/C81H148N2O38/c1-4-6-8-10-12-14-16-17-18-19-20-21-22-23-24-25-27-29-31-33-35-47(92)74(107)83-45(56(95)46(91)34-32-30-28-26-15-13-11-9-7-5-2)43-110-75-63(102)61(100)69(53(41-88)114-75)117-76-65(104)62(101)70(54(42-89)115-76)120-81(80(108)109)36-50(55(82-44(3)90)71(121-81)57(96)48(93)37-84)111-78-66(105)72(58(97)51(39-86)112-78)119-79-67(106)73(59(98)52(40-87)113-79)118-77-64(103)60(99)68(116-77)49(94)38-85/h45-73,75-79,84-89,91-106H,4-43H2,1-3H3,(H,82,90)(H,83,107)(H,108,109)/t45-,46+,47+,48?,49?,50+,51?,52?,53?,54?,55+,56-,57?,58-,59-,60?,61?,62?,63?,64?,65?,66?,67?,68-,69+,70-,71?,72?,73?,75+,76-,77-,78+,79-,81+/m0/s1. The van der Waals surface area contributed by atoms with Crippen LogP contribution in [0.4, 0.5) is 0 Å². The maximum absolute atomic E-state index is 14.0. The lowest BCUT2D eigenvalue weighted by molar-refractivity contribution is -0.395. The van der Waals surface area contributed by atoms with Crippen molar-refractivity contribution < 1.29 is 189 Å². The molecule has 0 spiro atoms. The minimum absolute atomic E-state index is 0.0823. The Morgan fingerprint density at radius 3 is 1.25 bits per heavy atom. The molecule has 710 valence electrons. The van der Waals surface area contributed by atoms with Crippen LogP contribution in [0.2, 0.25) is 0 Å². The quantitative estimate of drug-likeness (QED) is 0.0261. The molecule has 6 aliphatic heterocycles. The minimum atomic E-state index is -3.44. The molecule has 0 saturated carbocycles. The summed E-state index contributed by atoms with van der Waals surface area (Å²) in [6, 6.07) is -3.43. The van der Waals surface area contributed by atoms with Crippen LogP contribution in [-0.4, -0.2) is 396 Å². The Morgan fingerprint density at radius 2 is 0.802 bits per heavy atom. The van der Waals surface area contributed by atoms with Crippen molar-refractivity contribution >= 4 is 17.8 Å². The Bertz CT molecular complexity index is 2800. The molecule has 40 heteroatoms. The van der Waals surface area contributed by atoms with Gasteiger partial charge in [0.25, 0.3) is 5.79 Å². The lowest BCUT2D eigenvalue weighted by atomic mass is 9.87. The number of aliphatic hydroxyl groups excluding tert-OH is 22. The zero-order valence-corrected chi connectivity index (χ0v) is 70.3. The first-order valence-corrected chi connectivity index (χ1v) is 44.1. The molecule has 0 aromatic rings. The van der Waals surface area contributed by atoms with Crippen LogP contribution in [0.3, 0.4) is 0 Å². The average molecular weight is 1760 g/mol. The molecular formula is C81H148N2O38. The number of carbonyl (C=O) groups excluding carboxylic acids is 2. The van der Waals surface area contributed by atoms with Gasteiger partial charge in [0.1, 0.15) is 153 Å². The van der Waals surface area contributed by atoms with Gasteiger partial charge in [-0.2, -0.15) is 0 Å². The predicted molar refractivity (Wildman–Crippen MR) is 421 cm³/mol. The second kappa shape index (κ2) is 55.8. The van der Waals surface area contributed by atoms with E-state index in [9.17, 15) is 132 Å². The molecule has 6 fully saturated rings. The molecule has 0 aromatic heterocycles. The number of carbonyl (C=O) groups is 3. The Morgan fingerprint density at radius 1 is 0.413 bits per heavy atom. The van der Waals surface area contributed by atoms with Crippen LogP contribution >= 0.6 is 0 Å². The lowest BCUT2D eigenvalue weighted by Gasteiger charge is -2.52. The number of nitrogens with one attached hydrogen (secondary N) is 2. The van der Waals surface area contributed by atoms with Gasteiger partial charge in [-0.15, -0.1) is 0 Å². The number of aliphatic hydroxyl groups is 22. The summed E-state index contributed by atoms with van der Waals surface area (Å²) in [4.78, 5) is 40.7.